The highest BCUT2D eigenvalue weighted by Gasteiger charge is 2.14. The van der Waals surface area contributed by atoms with Crippen LogP contribution in [0.1, 0.15) is 44.0 Å². The Hall–Kier alpha value is -1.99. The molecule has 0 atom stereocenters. The molecule has 0 bridgehead atoms. The first kappa shape index (κ1) is 24.0. The fourth-order valence-corrected chi connectivity index (χ4v) is 2.26. The topological polar surface area (TPSA) is 105 Å². The maximum atomic E-state index is 12.1. The lowest BCUT2D eigenvalue weighted by Crippen LogP contribution is -2.34. The van der Waals surface area contributed by atoms with E-state index in [1.807, 2.05) is 6.92 Å². The lowest BCUT2D eigenvalue weighted by atomic mass is 10.1. The van der Waals surface area contributed by atoms with E-state index in [0.29, 0.717) is 35.0 Å². The van der Waals surface area contributed by atoms with Gasteiger partial charge in [-0.05, 0) is 25.6 Å². The standard InChI is InChI=1S/C14H22ClN3O2.C4H8O2/c1-4-18(5-2)7-6-17-14(19)10-8-11(15)12(16)9-13(10)20-3;1-2-3-4(5)6/h8-9H,4-7,16H2,1-3H3,(H,17,19);2-3H2,1H3,(H,5,6). The number of methoxy groups -OCH3 is 1. The fraction of sp³-hybridized carbons (Fsp3) is 0.556. The van der Waals surface area contributed by atoms with Crippen molar-refractivity contribution in [1.82, 2.24) is 10.2 Å². The molecule has 0 radical (unpaired) electrons. The third-order valence-corrected chi connectivity index (χ3v) is 3.96. The Bertz CT molecular complexity index is 578. The van der Waals surface area contributed by atoms with Crippen molar-refractivity contribution >= 4 is 29.2 Å². The molecule has 0 aliphatic carbocycles. The van der Waals surface area contributed by atoms with Gasteiger partial charge in [-0.25, -0.2) is 0 Å². The average Bonchev–Trinajstić information content (AvgIpc) is 2.60. The van der Waals surface area contributed by atoms with Gasteiger partial charge in [0.1, 0.15) is 5.75 Å². The van der Waals surface area contributed by atoms with Crippen molar-refractivity contribution in [2.24, 2.45) is 0 Å². The number of benzene rings is 1. The molecule has 0 aliphatic rings. The summed E-state index contributed by atoms with van der Waals surface area (Å²) in [4.78, 5) is 24.0. The number of rotatable bonds is 9. The molecule has 26 heavy (non-hydrogen) atoms. The quantitative estimate of drug-likeness (QED) is 0.563. The minimum Gasteiger partial charge on any atom is -0.496 e. The second kappa shape index (κ2) is 13.2. The van der Waals surface area contributed by atoms with E-state index < -0.39 is 5.97 Å². The highest BCUT2D eigenvalue weighted by molar-refractivity contribution is 6.33. The minimum atomic E-state index is -0.711. The summed E-state index contributed by atoms with van der Waals surface area (Å²) in [6.07, 6.45) is 1.02. The summed E-state index contributed by atoms with van der Waals surface area (Å²) >= 11 is 5.95. The first-order valence-corrected chi connectivity index (χ1v) is 9.03. The van der Waals surface area contributed by atoms with Crippen LogP contribution in [0.25, 0.3) is 0 Å². The molecule has 0 saturated heterocycles. The number of nitrogen functional groups attached to an aromatic ring is 1. The van der Waals surface area contributed by atoms with Crippen molar-refractivity contribution < 1.29 is 19.4 Å². The Morgan fingerprint density at radius 3 is 2.31 bits per heavy atom. The Morgan fingerprint density at radius 1 is 1.27 bits per heavy atom. The molecule has 0 fully saturated rings. The van der Waals surface area contributed by atoms with E-state index >= 15 is 0 Å². The molecule has 0 spiro atoms. The smallest absolute Gasteiger partial charge is 0.303 e. The second-order valence-electron chi connectivity index (χ2n) is 5.50. The van der Waals surface area contributed by atoms with Crippen LogP contribution in [0.2, 0.25) is 5.02 Å². The van der Waals surface area contributed by atoms with E-state index in [1.165, 1.54) is 13.2 Å². The number of nitrogens with one attached hydrogen (secondary N) is 1. The number of hydrogen-bond donors (Lipinski definition) is 3. The van der Waals surface area contributed by atoms with E-state index in [-0.39, 0.29) is 5.91 Å². The number of nitrogens with two attached hydrogens (primary N) is 1. The number of carbonyl (C=O) groups is 2. The Labute approximate surface area is 160 Å². The van der Waals surface area contributed by atoms with Crippen molar-refractivity contribution in [3.8, 4) is 5.75 Å². The predicted octanol–water partition coefficient (Wildman–Crippen LogP) is 2.87. The summed E-state index contributed by atoms with van der Waals surface area (Å²) in [6, 6.07) is 3.09. The minimum absolute atomic E-state index is 0.212. The first-order chi connectivity index (χ1) is 12.3. The number of nitrogens with zero attached hydrogens (tertiary/aromatic N) is 1. The van der Waals surface area contributed by atoms with Gasteiger partial charge in [-0.1, -0.05) is 32.4 Å². The Morgan fingerprint density at radius 2 is 1.88 bits per heavy atom. The molecule has 0 aromatic heterocycles. The van der Waals surface area contributed by atoms with Crippen LogP contribution in [0.5, 0.6) is 5.75 Å². The van der Waals surface area contributed by atoms with Crippen LogP contribution in [-0.2, 0) is 4.79 Å². The highest BCUT2D eigenvalue weighted by Crippen LogP contribution is 2.28. The second-order valence-corrected chi connectivity index (χ2v) is 5.91. The van der Waals surface area contributed by atoms with Gasteiger partial charge in [-0.15, -0.1) is 0 Å². The molecule has 7 nitrogen and oxygen atoms in total. The number of amides is 1. The van der Waals surface area contributed by atoms with Crippen molar-refractivity contribution in [2.45, 2.75) is 33.6 Å². The normalized spacial score (nSPS) is 10.1. The van der Waals surface area contributed by atoms with Crippen molar-refractivity contribution in [3.05, 3.63) is 22.7 Å². The van der Waals surface area contributed by atoms with E-state index in [0.717, 1.165) is 26.1 Å². The number of carboxylic acid groups (broad SMARTS) is 1. The highest BCUT2D eigenvalue weighted by atomic mass is 35.5. The summed E-state index contributed by atoms with van der Waals surface area (Å²) in [5.41, 5.74) is 6.48. The van der Waals surface area contributed by atoms with Gasteiger partial charge in [0, 0.05) is 25.6 Å². The SMILES string of the molecule is CCCC(=O)O.CCN(CC)CCNC(=O)c1cc(Cl)c(N)cc1OC. The van der Waals surface area contributed by atoms with Gasteiger partial charge in [0.2, 0.25) is 0 Å². The zero-order valence-electron chi connectivity index (χ0n) is 16.0. The maximum Gasteiger partial charge on any atom is 0.303 e. The van der Waals surface area contributed by atoms with Crippen LogP contribution >= 0.6 is 11.6 Å². The number of aliphatic carboxylic acids is 1. The van der Waals surface area contributed by atoms with Gasteiger partial charge in [-0.3, -0.25) is 9.59 Å². The van der Waals surface area contributed by atoms with Gasteiger partial charge < -0.3 is 25.8 Å². The zero-order chi connectivity index (χ0) is 20.1. The molecule has 148 valence electrons. The molecule has 1 rings (SSSR count). The molecule has 0 heterocycles. The van der Waals surface area contributed by atoms with Crippen molar-refractivity contribution in [3.63, 3.8) is 0 Å². The van der Waals surface area contributed by atoms with Crippen LogP contribution in [-0.4, -0.2) is 55.2 Å². The molecule has 8 heteroatoms. The summed E-state index contributed by atoms with van der Waals surface area (Å²) < 4.78 is 5.16. The number of ether oxygens (including phenoxy) is 1. The third kappa shape index (κ3) is 8.92. The van der Waals surface area contributed by atoms with E-state index in [2.05, 4.69) is 24.1 Å². The summed E-state index contributed by atoms with van der Waals surface area (Å²) in [5, 5.41) is 11.1. The summed E-state index contributed by atoms with van der Waals surface area (Å²) in [6.45, 7) is 9.33. The summed E-state index contributed by atoms with van der Waals surface area (Å²) in [5.74, 6) is -0.499. The van der Waals surface area contributed by atoms with Crippen molar-refractivity contribution in [2.75, 3.05) is 39.0 Å². The van der Waals surface area contributed by atoms with Crippen LogP contribution in [0.4, 0.5) is 5.69 Å². The average molecular weight is 388 g/mol. The van der Waals surface area contributed by atoms with Gasteiger partial charge >= 0.3 is 5.97 Å². The number of hydrogen-bond acceptors (Lipinski definition) is 5. The molecule has 4 N–H and O–H groups in total. The molecule has 0 aliphatic heterocycles. The fourth-order valence-electron chi connectivity index (χ4n) is 2.09. The lowest BCUT2D eigenvalue weighted by molar-refractivity contribution is -0.137. The van der Waals surface area contributed by atoms with Crippen LogP contribution in [0.15, 0.2) is 12.1 Å². The summed E-state index contributed by atoms with van der Waals surface area (Å²) in [7, 11) is 1.50. The van der Waals surface area contributed by atoms with Crippen LogP contribution in [0.3, 0.4) is 0 Å². The third-order valence-electron chi connectivity index (χ3n) is 3.64. The van der Waals surface area contributed by atoms with E-state index in [1.54, 1.807) is 6.07 Å². The van der Waals surface area contributed by atoms with Gasteiger partial charge in [0.15, 0.2) is 0 Å². The van der Waals surface area contributed by atoms with Crippen LogP contribution in [0, 0.1) is 0 Å². The van der Waals surface area contributed by atoms with Gasteiger partial charge in [-0.2, -0.15) is 0 Å². The monoisotopic (exact) mass is 387 g/mol. The van der Waals surface area contributed by atoms with Crippen LogP contribution < -0.4 is 15.8 Å². The lowest BCUT2D eigenvalue weighted by Gasteiger charge is -2.18. The Kier molecular flexibility index (Phi) is 12.2. The van der Waals surface area contributed by atoms with E-state index in [9.17, 15) is 9.59 Å². The largest absolute Gasteiger partial charge is 0.496 e. The molecule has 0 unspecified atom stereocenters. The molecule has 1 aromatic rings. The number of anilines is 1. The molecule has 1 amide bonds. The predicted molar refractivity (Wildman–Crippen MR) is 105 cm³/mol. The Balaban J connectivity index is 0.000000896. The number of halogens is 1. The number of carboxylic acids is 1. The number of likely N-dealkylation sites (N-methyl/N-ethyl adjacent to an activating group) is 1. The van der Waals surface area contributed by atoms with Crippen molar-refractivity contribution in [1.29, 1.82) is 0 Å². The first-order valence-electron chi connectivity index (χ1n) is 8.65. The van der Waals surface area contributed by atoms with E-state index in [4.69, 9.17) is 27.2 Å². The molecule has 0 saturated carbocycles. The molecular weight excluding hydrogens is 358 g/mol. The van der Waals surface area contributed by atoms with Gasteiger partial charge in [0.05, 0.1) is 23.4 Å². The molecule has 1 aromatic carbocycles. The molecular formula is C18H30ClN3O4. The van der Waals surface area contributed by atoms with Gasteiger partial charge in [0.25, 0.3) is 5.91 Å². The number of carbonyl (C=O) groups excluding carboxylic acids is 1. The maximum absolute atomic E-state index is 12.1. The zero-order valence-corrected chi connectivity index (χ0v) is 16.7.